The van der Waals surface area contributed by atoms with Gasteiger partial charge in [-0.25, -0.2) is 4.79 Å². The monoisotopic (exact) mass is 211 g/mol. The van der Waals surface area contributed by atoms with Gasteiger partial charge in [0.1, 0.15) is 5.56 Å². The van der Waals surface area contributed by atoms with Gasteiger partial charge in [0.15, 0.2) is 6.61 Å². The largest absolute Gasteiger partial charge is 0.478 e. The molecule has 6 heteroatoms. The van der Waals surface area contributed by atoms with E-state index in [2.05, 4.69) is 10.3 Å². The molecule has 1 N–H and O–H groups in total. The number of carbonyl (C=O) groups is 1. The van der Waals surface area contributed by atoms with Crippen LogP contribution in [0.4, 0.5) is 0 Å². The minimum Gasteiger partial charge on any atom is -0.478 e. The molecule has 0 aliphatic heterocycles. The Labute approximate surface area is 87.1 Å². The van der Waals surface area contributed by atoms with Crippen molar-refractivity contribution in [1.82, 2.24) is 9.78 Å². The standard InChI is InChI=1S/C9H13N3O3/c1-6(2)11-15-5-8-7(9(13)14)4-10-12(8)3/h4H,5H2,1-3H3,(H,13,14). The average molecular weight is 211 g/mol. The predicted molar refractivity (Wildman–Crippen MR) is 53.7 cm³/mol. The van der Waals surface area contributed by atoms with E-state index in [0.717, 1.165) is 5.71 Å². The molecule has 0 saturated heterocycles. The molecule has 82 valence electrons. The van der Waals surface area contributed by atoms with E-state index in [1.807, 2.05) is 0 Å². The molecule has 6 nitrogen and oxygen atoms in total. The van der Waals surface area contributed by atoms with Crippen molar-refractivity contribution in [1.29, 1.82) is 0 Å². The summed E-state index contributed by atoms with van der Waals surface area (Å²) in [6, 6.07) is 0. The predicted octanol–water partition coefficient (Wildman–Crippen LogP) is 1.03. The summed E-state index contributed by atoms with van der Waals surface area (Å²) in [5.74, 6) is -1.01. The van der Waals surface area contributed by atoms with Crippen LogP contribution in [0.3, 0.4) is 0 Å². The van der Waals surface area contributed by atoms with Gasteiger partial charge in [0, 0.05) is 7.05 Å². The normalized spacial score (nSPS) is 9.80. The number of oxime groups is 1. The quantitative estimate of drug-likeness (QED) is 0.596. The maximum absolute atomic E-state index is 10.8. The fraction of sp³-hybridized carbons (Fsp3) is 0.444. The number of carboxylic acid groups (broad SMARTS) is 1. The molecular formula is C9H13N3O3. The van der Waals surface area contributed by atoms with Crippen LogP contribution in [0.2, 0.25) is 0 Å². The SMILES string of the molecule is CC(C)=NOCc1c(C(=O)O)cnn1C. The summed E-state index contributed by atoms with van der Waals surface area (Å²) in [4.78, 5) is 15.8. The molecule has 0 unspecified atom stereocenters. The average Bonchev–Trinajstić information content (AvgIpc) is 2.47. The number of rotatable bonds is 4. The molecule has 15 heavy (non-hydrogen) atoms. The third-order valence-corrected chi connectivity index (χ3v) is 1.74. The van der Waals surface area contributed by atoms with Crippen molar-refractivity contribution in [2.75, 3.05) is 0 Å². The summed E-state index contributed by atoms with van der Waals surface area (Å²) in [5.41, 5.74) is 1.41. The Balaban J connectivity index is 2.79. The Morgan fingerprint density at radius 1 is 1.67 bits per heavy atom. The van der Waals surface area contributed by atoms with E-state index >= 15 is 0 Å². The lowest BCUT2D eigenvalue weighted by atomic mass is 10.2. The summed E-state index contributed by atoms with van der Waals surface area (Å²) in [6.07, 6.45) is 1.30. The maximum atomic E-state index is 10.8. The lowest BCUT2D eigenvalue weighted by Crippen LogP contribution is -2.05. The molecule has 0 amide bonds. The number of hydrogen-bond acceptors (Lipinski definition) is 4. The Bertz CT molecular complexity index is 391. The van der Waals surface area contributed by atoms with E-state index in [1.54, 1.807) is 20.9 Å². The second-order valence-electron chi connectivity index (χ2n) is 3.25. The Morgan fingerprint density at radius 2 is 2.33 bits per heavy atom. The third-order valence-electron chi connectivity index (χ3n) is 1.74. The van der Waals surface area contributed by atoms with E-state index in [4.69, 9.17) is 9.94 Å². The molecule has 0 fully saturated rings. The third kappa shape index (κ3) is 2.80. The van der Waals surface area contributed by atoms with Crippen molar-refractivity contribution in [3.8, 4) is 0 Å². The fourth-order valence-corrected chi connectivity index (χ4v) is 1.04. The van der Waals surface area contributed by atoms with E-state index in [-0.39, 0.29) is 12.2 Å². The lowest BCUT2D eigenvalue weighted by molar-refractivity contribution is 0.0687. The number of aromatic nitrogens is 2. The molecule has 0 aliphatic carbocycles. The summed E-state index contributed by atoms with van der Waals surface area (Å²) >= 11 is 0. The van der Waals surface area contributed by atoms with Gasteiger partial charge in [0.25, 0.3) is 0 Å². The molecule has 0 spiro atoms. The highest BCUT2D eigenvalue weighted by molar-refractivity contribution is 5.88. The van der Waals surface area contributed by atoms with Crippen LogP contribution in [0.5, 0.6) is 0 Å². The van der Waals surface area contributed by atoms with Gasteiger partial charge in [-0.15, -0.1) is 0 Å². The number of carboxylic acids is 1. The van der Waals surface area contributed by atoms with Gasteiger partial charge < -0.3 is 9.94 Å². The highest BCUT2D eigenvalue weighted by Gasteiger charge is 2.15. The van der Waals surface area contributed by atoms with E-state index in [0.29, 0.717) is 5.69 Å². The van der Waals surface area contributed by atoms with Crippen molar-refractivity contribution >= 4 is 11.7 Å². The highest BCUT2D eigenvalue weighted by atomic mass is 16.6. The topological polar surface area (TPSA) is 76.7 Å². The smallest absolute Gasteiger partial charge is 0.339 e. The molecule has 0 atom stereocenters. The molecule has 1 heterocycles. The molecule has 1 rings (SSSR count). The van der Waals surface area contributed by atoms with Crippen LogP contribution in [0, 0.1) is 0 Å². The van der Waals surface area contributed by atoms with Gasteiger partial charge in [-0.2, -0.15) is 5.10 Å². The van der Waals surface area contributed by atoms with Crippen LogP contribution in [0.15, 0.2) is 11.4 Å². The Hall–Kier alpha value is -1.85. The van der Waals surface area contributed by atoms with Crippen LogP contribution < -0.4 is 0 Å². The van der Waals surface area contributed by atoms with Crippen molar-refractivity contribution in [2.24, 2.45) is 12.2 Å². The van der Waals surface area contributed by atoms with Gasteiger partial charge >= 0.3 is 5.97 Å². The van der Waals surface area contributed by atoms with Crippen molar-refractivity contribution in [3.63, 3.8) is 0 Å². The molecule has 0 radical (unpaired) electrons. The van der Waals surface area contributed by atoms with Crippen LogP contribution in [0.25, 0.3) is 0 Å². The number of aromatic carboxylic acids is 1. The van der Waals surface area contributed by atoms with Crippen LogP contribution in [0.1, 0.15) is 29.9 Å². The molecule has 0 bridgehead atoms. The molecule has 0 saturated carbocycles. The second-order valence-corrected chi connectivity index (χ2v) is 3.25. The zero-order valence-corrected chi connectivity index (χ0v) is 8.89. The first kappa shape index (κ1) is 11.2. The molecule has 1 aromatic rings. The van der Waals surface area contributed by atoms with Gasteiger partial charge in [-0.05, 0) is 13.8 Å². The first-order valence-electron chi connectivity index (χ1n) is 4.39. The summed E-state index contributed by atoms with van der Waals surface area (Å²) in [6.45, 7) is 3.69. The van der Waals surface area contributed by atoms with Gasteiger partial charge in [0.05, 0.1) is 17.6 Å². The molecule has 0 aliphatic rings. The first-order chi connectivity index (χ1) is 7.02. The molecular weight excluding hydrogens is 198 g/mol. The Morgan fingerprint density at radius 3 is 2.87 bits per heavy atom. The second kappa shape index (κ2) is 4.59. The van der Waals surface area contributed by atoms with Crippen LogP contribution in [-0.2, 0) is 18.5 Å². The zero-order valence-electron chi connectivity index (χ0n) is 8.89. The lowest BCUT2D eigenvalue weighted by Gasteiger charge is -2.02. The first-order valence-corrected chi connectivity index (χ1v) is 4.39. The summed E-state index contributed by atoms with van der Waals surface area (Å²) < 4.78 is 1.46. The Kier molecular flexibility index (Phi) is 3.43. The van der Waals surface area contributed by atoms with E-state index in [1.165, 1.54) is 10.9 Å². The number of aryl methyl sites for hydroxylation is 1. The molecule has 0 aromatic carbocycles. The van der Waals surface area contributed by atoms with Gasteiger partial charge in [0.2, 0.25) is 0 Å². The number of hydrogen-bond donors (Lipinski definition) is 1. The minimum atomic E-state index is -1.01. The van der Waals surface area contributed by atoms with Crippen molar-refractivity contribution in [2.45, 2.75) is 20.5 Å². The minimum absolute atomic E-state index is 0.101. The number of nitrogens with zero attached hydrogens (tertiary/aromatic N) is 3. The fourth-order valence-electron chi connectivity index (χ4n) is 1.04. The summed E-state index contributed by atoms with van der Waals surface area (Å²) in [7, 11) is 1.66. The van der Waals surface area contributed by atoms with Gasteiger partial charge in [-0.1, -0.05) is 5.16 Å². The highest BCUT2D eigenvalue weighted by Crippen LogP contribution is 2.09. The van der Waals surface area contributed by atoms with Gasteiger partial charge in [-0.3, -0.25) is 4.68 Å². The van der Waals surface area contributed by atoms with Crippen molar-refractivity contribution < 1.29 is 14.7 Å². The van der Waals surface area contributed by atoms with E-state index < -0.39 is 5.97 Å². The summed E-state index contributed by atoms with van der Waals surface area (Å²) in [5, 5.41) is 16.4. The molecule has 1 aromatic heterocycles. The van der Waals surface area contributed by atoms with E-state index in [9.17, 15) is 4.79 Å². The van der Waals surface area contributed by atoms with Crippen molar-refractivity contribution in [3.05, 3.63) is 17.5 Å². The zero-order chi connectivity index (χ0) is 11.4. The van der Waals surface area contributed by atoms with Crippen LogP contribution >= 0.6 is 0 Å². The van der Waals surface area contributed by atoms with Crippen LogP contribution in [-0.4, -0.2) is 26.6 Å². The maximum Gasteiger partial charge on any atom is 0.339 e.